The van der Waals surface area contributed by atoms with Gasteiger partial charge in [-0.15, -0.1) is 11.3 Å². The molecule has 4 heterocycles. The summed E-state index contributed by atoms with van der Waals surface area (Å²) in [5, 5.41) is 8.41. The van der Waals surface area contributed by atoms with Crippen LogP contribution < -0.4 is 10.6 Å². The summed E-state index contributed by atoms with van der Waals surface area (Å²) in [5.74, 6) is 0.579. The first-order valence-corrected chi connectivity index (χ1v) is 7.89. The molecule has 1 aromatic rings. The van der Waals surface area contributed by atoms with Crippen molar-refractivity contribution in [1.82, 2.24) is 15.5 Å². The van der Waals surface area contributed by atoms with E-state index in [1.54, 1.807) is 6.07 Å². The molecule has 0 aliphatic carbocycles. The van der Waals surface area contributed by atoms with E-state index in [1.807, 2.05) is 11.4 Å². The van der Waals surface area contributed by atoms with Crippen LogP contribution in [-0.2, 0) is 0 Å². The molecule has 3 saturated heterocycles. The highest BCUT2D eigenvalue weighted by atomic mass is 32.1. The highest BCUT2D eigenvalue weighted by Gasteiger charge is 2.34. The van der Waals surface area contributed by atoms with Crippen LogP contribution in [0.3, 0.4) is 0 Å². The topological polar surface area (TPSA) is 44.4 Å². The summed E-state index contributed by atoms with van der Waals surface area (Å²) < 4.78 is 0. The highest BCUT2D eigenvalue weighted by Crippen LogP contribution is 2.27. The molecule has 0 radical (unpaired) electrons. The maximum Gasteiger partial charge on any atom is 0.267 e. The van der Waals surface area contributed by atoms with E-state index < -0.39 is 0 Å². The zero-order chi connectivity index (χ0) is 13.2. The number of thiophene rings is 1. The fraction of sp³-hybridized carbons (Fsp3) is 0.538. The van der Waals surface area contributed by atoms with Crippen LogP contribution in [0.5, 0.6) is 0 Å². The normalized spacial score (nSPS) is 28.9. The molecule has 1 amide bonds. The van der Waals surface area contributed by atoms with Gasteiger partial charge in [-0.05, 0) is 55.5 Å². The molecule has 6 heteroatoms. The summed E-state index contributed by atoms with van der Waals surface area (Å²) >= 11 is 6.67. The van der Waals surface area contributed by atoms with Crippen molar-refractivity contribution in [3.63, 3.8) is 0 Å². The second-order valence-electron chi connectivity index (χ2n) is 5.15. The van der Waals surface area contributed by atoms with Gasteiger partial charge in [0.15, 0.2) is 5.11 Å². The Morgan fingerprint density at radius 2 is 2.21 bits per heavy atom. The molecule has 19 heavy (non-hydrogen) atoms. The Morgan fingerprint density at radius 1 is 1.42 bits per heavy atom. The van der Waals surface area contributed by atoms with Crippen molar-refractivity contribution in [2.75, 3.05) is 19.6 Å². The average Bonchev–Trinajstić information content (AvgIpc) is 2.94. The minimum atomic E-state index is -0.117. The summed E-state index contributed by atoms with van der Waals surface area (Å²) in [7, 11) is 0. The third kappa shape index (κ3) is 2.96. The molecule has 4 rings (SSSR count). The lowest BCUT2D eigenvalue weighted by atomic mass is 9.84. The van der Waals surface area contributed by atoms with Crippen molar-refractivity contribution < 1.29 is 4.79 Å². The fourth-order valence-corrected chi connectivity index (χ4v) is 3.77. The summed E-state index contributed by atoms with van der Waals surface area (Å²) in [6.07, 6.45) is 2.47. The number of nitrogens with zero attached hydrogens (tertiary/aromatic N) is 1. The van der Waals surface area contributed by atoms with E-state index in [0.717, 1.165) is 6.54 Å². The van der Waals surface area contributed by atoms with Crippen LogP contribution in [0.15, 0.2) is 17.5 Å². The third-order valence-electron chi connectivity index (χ3n) is 3.94. The Kier molecular flexibility index (Phi) is 3.81. The summed E-state index contributed by atoms with van der Waals surface area (Å²) in [6, 6.07) is 4.05. The molecule has 2 N–H and O–H groups in total. The zero-order valence-electron chi connectivity index (χ0n) is 10.6. The Bertz CT molecular complexity index is 466. The lowest BCUT2D eigenvalue weighted by molar-refractivity contribution is 0.0807. The SMILES string of the molecule is O=C(NC(=S)NC1CN2CCC1CC2)c1cccs1. The predicted octanol–water partition coefficient (Wildman–Crippen LogP) is 1.45. The molecule has 4 nitrogen and oxygen atoms in total. The van der Waals surface area contributed by atoms with Crippen LogP contribution in [0.1, 0.15) is 22.5 Å². The number of piperidine rings is 3. The molecule has 2 bridgehead atoms. The van der Waals surface area contributed by atoms with Gasteiger partial charge >= 0.3 is 0 Å². The Hall–Kier alpha value is -0.980. The molecule has 102 valence electrons. The van der Waals surface area contributed by atoms with Gasteiger partial charge in [-0.1, -0.05) is 6.07 Å². The summed E-state index contributed by atoms with van der Waals surface area (Å²) in [5.41, 5.74) is 0. The molecular weight excluding hydrogens is 278 g/mol. The Balaban J connectivity index is 1.53. The van der Waals surface area contributed by atoms with Crippen LogP contribution in [-0.4, -0.2) is 41.6 Å². The number of rotatable bonds is 2. The third-order valence-corrected chi connectivity index (χ3v) is 5.03. The zero-order valence-corrected chi connectivity index (χ0v) is 12.2. The van der Waals surface area contributed by atoms with E-state index in [-0.39, 0.29) is 5.91 Å². The van der Waals surface area contributed by atoms with Gasteiger partial charge in [-0.2, -0.15) is 0 Å². The van der Waals surface area contributed by atoms with Crippen molar-refractivity contribution in [3.8, 4) is 0 Å². The van der Waals surface area contributed by atoms with Gasteiger partial charge in [-0.25, -0.2) is 0 Å². The van der Waals surface area contributed by atoms with Crippen molar-refractivity contribution in [2.24, 2.45) is 5.92 Å². The molecule has 3 fully saturated rings. The summed E-state index contributed by atoms with van der Waals surface area (Å²) in [6.45, 7) is 3.45. The van der Waals surface area contributed by atoms with Gasteiger partial charge in [0, 0.05) is 12.6 Å². The Labute approximate surface area is 122 Å². The van der Waals surface area contributed by atoms with Gasteiger partial charge in [-0.3, -0.25) is 10.1 Å². The second-order valence-corrected chi connectivity index (χ2v) is 6.51. The van der Waals surface area contributed by atoms with Crippen LogP contribution in [0, 0.1) is 5.92 Å². The van der Waals surface area contributed by atoms with Gasteiger partial charge < -0.3 is 10.2 Å². The molecule has 0 saturated carbocycles. The van der Waals surface area contributed by atoms with Crippen LogP contribution >= 0.6 is 23.6 Å². The van der Waals surface area contributed by atoms with E-state index >= 15 is 0 Å². The minimum Gasteiger partial charge on any atom is -0.358 e. The number of amides is 1. The molecular formula is C13H17N3OS2. The first-order valence-electron chi connectivity index (χ1n) is 6.60. The van der Waals surface area contributed by atoms with Crippen molar-refractivity contribution in [3.05, 3.63) is 22.4 Å². The lowest BCUT2D eigenvalue weighted by Crippen LogP contribution is -2.59. The first-order chi connectivity index (χ1) is 9.22. The van der Waals surface area contributed by atoms with Crippen LogP contribution in [0.25, 0.3) is 0 Å². The van der Waals surface area contributed by atoms with E-state index in [4.69, 9.17) is 12.2 Å². The highest BCUT2D eigenvalue weighted by molar-refractivity contribution is 7.80. The van der Waals surface area contributed by atoms with Crippen molar-refractivity contribution in [2.45, 2.75) is 18.9 Å². The number of fused-ring (bicyclic) bond motifs is 3. The average molecular weight is 295 g/mol. The molecule has 3 aliphatic heterocycles. The second kappa shape index (κ2) is 5.56. The number of carbonyl (C=O) groups excluding carboxylic acids is 1. The number of hydrogen-bond donors (Lipinski definition) is 2. The maximum atomic E-state index is 11.9. The Morgan fingerprint density at radius 3 is 2.79 bits per heavy atom. The van der Waals surface area contributed by atoms with Crippen molar-refractivity contribution in [1.29, 1.82) is 0 Å². The molecule has 1 unspecified atom stereocenters. The van der Waals surface area contributed by atoms with Crippen LogP contribution in [0.2, 0.25) is 0 Å². The van der Waals surface area contributed by atoms with Crippen LogP contribution in [0.4, 0.5) is 0 Å². The number of thiocarbonyl (C=S) groups is 1. The van der Waals surface area contributed by atoms with Gasteiger partial charge in [0.05, 0.1) is 4.88 Å². The van der Waals surface area contributed by atoms with Crippen molar-refractivity contribution >= 4 is 34.6 Å². The van der Waals surface area contributed by atoms with E-state index in [2.05, 4.69) is 15.5 Å². The quantitative estimate of drug-likeness (QED) is 0.811. The maximum absolute atomic E-state index is 11.9. The largest absolute Gasteiger partial charge is 0.358 e. The predicted molar refractivity (Wildman–Crippen MR) is 80.5 cm³/mol. The smallest absolute Gasteiger partial charge is 0.267 e. The molecule has 1 aromatic heterocycles. The number of carbonyl (C=O) groups is 1. The van der Waals surface area contributed by atoms with Gasteiger partial charge in [0.25, 0.3) is 5.91 Å². The standard InChI is InChI=1S/C13H17N3OS2/c17-12(11-2-1-7-19-11)15-13(18)14-10-8-16-5-3-9(10)4-6-16/h1-2,7,9-10H,3-6,8H2,(H2,14,15,17,18). The van der Waals surface area contributed by atoms with Gasteiger partial charge in [0.1, 0.15) is 0 Å². The number of nitrogens with one attached hydrogen (secondary N) is 2. The fourth-order valence-electron chi connectivity index (χ4n) is 2.91. The van der Waals surface area contributed by atoms with Gasteiger partial charge in [0.2, 0.25) is 0 Å². The molecule has 1 atom stereocenters. The molecule has 0 aromatic carbocycles. The molecule has 3 aliphatic rings. The van der Waals surface area contributed by atoms with E-state index in [9.17, 15) is 4.79 Å². The van der Waals surface area contributed by atoms with E-state index in [0.29, 0.717) is 21.9 Å². The summed E-state index contributed by atoms with van der Waals surface area (Å²) in [4.78, 5) is 15.0. The minimum absolute atomic E-state index is 0.117. The monoisotopic (exact) mass is 295 g/mol. The molecule has 0 spiro atoms. The van der Waals surface area contributed by atoms with E-state index in [1.165, 1.54) is 37.3 Å². The first kappa shape index (κ1) is 13.0. The number of hydrogen-bond acceptors (Lipinski definition) is 4. The lowest BCUT2D eigenvalue weighted by Gasteiger charge is -2.45.